The minimum atomic E-state index is -0.899. The molecule has 0 aliphatic carbocycles. The third kappa shape index (κ3) is 5.06. The van der Waals surface area contributed by atoms with Crippen LogP contribution in [0.4, 0.5) is 15.8 Å². The summed E-state index contributed by atoms with van der Waals surface area (Å²) in [6.45, 7) is 4.30. The van der Waals surface area contributed by atoms with E-state index < -0.39 is 16.6 Å². The zero-order chi connectivity index (χ0) is 14.4. The van der Waals surface area contributed by atoms with Gasteiger partial charge >= 0.3 is 0 Å². The quantitative estimate of drug-likeness (QED) is 0.756. The van der Waals surface area contributed by atoms with E-state index in [1.54, 1.807) is 12.3 Å². The topological polar surface area (TPSA) is 64.3 Å². The van der Waals surface area contributed by atoms with Crippen LogP contribution in [-0.4, -0.2) is 28.9 Å². The molecule has 0 saturated heterocycles. The minimum absolute atomic E-state index is 0.0161. The molecule has 2 atom stereocenters. The van der Waals surface area contributed by atoms with Gasteiger partial charge in [-0.2, -0.15) is 0 Å². The van der Waals surface area contributed by atoms with Gasteiger partial charge in [0.2, 0.25) is 0 Å². The Morgan fingerprint density at radius 2 is 2.21 bits per heavy atom. The molecular formula is C13H21FN2O2S. The predicted molar refractivity (Wildman–Crippen MR) is 78.6 cm³/mol. The van der Waals surface area contributed by atoms with E-state index >= 15 is 0 Å². The third-order valence-corrected chi connectivity index (χ3v) is 3.42. The molecule has 0 aliphatic heterocycles. The third-order valence-electron chi connectivity index (χ3n) is 2.45. The molecule has 6 heteroatoms. The molecule has 0 fully saturated rings. The van der Waals surface area contributed by atoms with Crippen molar-refractivity contribution in [1.29, 1.82) is 0 Å². The van der Waals surface area contributed by atoms with Gasteiger partial charge in [-0.15, -0.1) is 0 Å². The second-order valence-electron chi connectivity index (χ2n) is 4.50. The number of nitrogens with two attached hydrogens (primary N) is 1. The summed E-state index contributed by atoms with van der Waals surface area (Å²) < 4.78 is 30.1. The fourth-order valence-corrected chi connectivity index (χ4v) is 2.46. The summed E-state index contributed by atoms with van der Waals surface area (Å²) in [5.41, 5.74) is 6.68. The lowest BCUT2D eigenvalue weighted by atomic mass is 10.2. The molecule has 108 valence electrons. The highest BCUT2D eigenvalue weighted by atomic mass is 32.2. The summed E-state index contributed by atoms with van der Waals surface area (Å²) in [4.78, 5) is 0. The van der Waals surface area contributed by atoms with E-state index in [2.05, 4.69) is 5.32 Å². The Morgan fingerprint density at radius 3 is 2.79 bits per heavy atom. The van der Waals surface area contributed by atoms with Gasteiger partial charge in [-0.3, -0.25) is 4.21 Å². The molecule has 1 aromatic rings. The molecule has 19 heavy (non-hydrogen) atoms. The van der Waals surface area contributed by atoms with Crippen molar-refractivity contribution in [3.05, 3.63) is 17.9 Å². The number of ether oxygens (including phenoxy) is 1. The molecular weight excluding hydrogens is 267 g/mol. The van der Waals surface area contributed by atoms with Crippen molar-refractivity contribution in [3.8, 4) is 5.75 Å². The summed E-state index contributed by atoms with van der Waals surface area (Å²) in [5, 5.41) is 3.12. The molecule has 0 saturated carbocycles. The second kappa shape index (κ2) is 7.33. The summed E-state index contributed by atoms with van der Waals surface area (Å²) in [7, 11) is -0.899. The van der Waals surface area contributed by atoms with Crippen molar-refractivity contribution in [3.63, 3.8) is 0 Å². The lowest BCUT2D eigenvalue weighted by Crippen LogP contribution is -2.23. The van der Waals surface area contributed by atoms with E-state index in [1.807, 2.05) is 13.8 Å². The smallest absolute Gasteiger partial charge is 0.167 e. The fraction of sp³-hybridized carbons (Fsp3) is 0.538. The maximum Gasteiger partial charge on any atom is 0.167 e. The van der Waals surface area contributed by atoms with Crippen LogP contribution in [0.15, 0.2) is 12.1 Å². The Hall–Kier alpha value is -1.30. The molecule has 0 radical (unpaired) electrons. The number of benzene rings is 1. The first kappa shape index (κ1) is 15.8. The number of hydrogen-bond acceptors (Lipinski definition) is 4. The van der Waals surface area contributed by atoms with E-state index in [4.69, 9.17) is 10.5 Å². The molecule has 2 unspecified atom stereocenters. The van der Waals surface area contributed by atoms with Gasteiger partial charge in [0.05, 0.1) is 18.0 Å². The Labute approximate surface area is 116 Å². The van der Waals surface area contributed by atoms with Crippen molar-refractivity contribution in [2.75, 3.05) is 29.7 Å². The molecule has 0 amide bonds. The van der Waals surface area contributed by atoms with Gasteiger partial charge in [-0.1, -0.05) is 6.92 Å². The van der Waals surface area contributed by atoms with Crippen LogP contribution < -0.4 is 15.8 Å². The van der Waals surface area contributed by atoms with E-state index in [9.17, 15) is 8.60 Å². The average molecular weight is 288 g/mol. The molecule has 0 bridgehead atoms. The van der Waals surface area contributed by atoms with Gasteiger partial charge in [-0.05, 0) is 13.3 Å². The zero-order valence-electron chi connectivity index (χ0n) is 11.5. The maximum atomic E-state index is 13.6. The van der Waals surface area contributed by atoms with Crippen LogP contribution in [0.2, 0.25) is 0 Å². The largest absolute Gasteiger partial charge is 0.490 e. The van der Waals surface area contributed by atoms with Crippen LogP contribution >= 0.6 is 0 Å². The van der Waals surface area contributed by atoms with Crippen molar-refractivity contribution in [2.45, 2.75) is 26.3 Å². The number of rotatable bonds is 7. The van der Waals surface area contributed by atoms with Crippen LogP contribution in [0.25, 0.3) is 0 Å². The van der Waals surface area contributed by atoms with Gasteiger partial charge in [0.1, 0.15) is 0 Å². The van der Waals surface area contributed by atoms with E-state index in [0.717, 1.165) is 6.42 Å². The molecule has 0 heterocycles. The molecule has 1 rings (SSSR count). The molecule has 0 aromatic heterocycles. The van der Waals surface area contributed by atoms with Gasteiger partial charge in [0.25, 0.3) is 0 Å². The Kier molecular flexibility index (Phi) is 6.08. The Morgan fingerprint density at radius 1 is 1.53 bits per heavy atom. The first-order chi connectivity index (χ1) is 8.93. The monoisotopic (exact) mass is 288 g/mol. The van der Waals surface area contributed by atoms with Crippen LogP contribution in [0.1, 0.15) is 20.3 Å². The average Bonchev–Trinajstić information content (AvgIpc) is 2.30. The minimum Gasteiger partial charge on any atom is -0.490 e. The number of hydrogen-bond donors (Lipinski definition) is 2. The number of nitrogen functional groups attached to an aromatic ring is 1. The van der Waals surface area contributed by atoms with Crippen LogP contribution in [0.5, 0.6) is 5.75 Å². The first-order valence-corrected chi connectivity index (χ1v) is 7.95. The standard InChI is InChI=1S/C13H21FN2O2S/c1-4-5-18-13-7-12(11(15)6-10(13)14)16-9(2)8-19(3)17/h6-7,9,16H,4-5,8,15H2,1-3H3. The van der Waals surface area contributed by atoms with Gasteiger partial charge in [0, 0.05) is 41.0 Å². The summed E-state index contributed by atoms with van der Waals surface area (Å²) >= 11 is 0. The van der Waals surface area contributed by atoms with Gasteiger partial charge in [0.15, 0.2) is 11.6 Å². The predicted octanol–water partition coefficient (Wildman–Crippen LogP) is 2.38. The highest BCUT2D eigenvalue weighted by Crippen LogP contribution is 2.28. The van der Waals surface area contributed by atoms with Gasteiger partial charge in [-0.25, -0.2) is 4.39 Å². The van der Waals surface area contributed by atoms with Crippen LogP contribution in [0, 0.1) is 5.82 Å². The molecule has 0 aliphatic rings. The van der Waals surface area contributed by atoms with E-state index in [0.29, 0.717) is 23.7 Å². The number of nitrogens with one attached hydrogen (secondary N) is 1. The summed E-state index contributed by atoms with van der Waals surface area (Å²) in [6.07, 6.45) is 2.44. The molecule has 1 aromatic carbocycles. The maximum absolute atomic E-state index is 13.6. The van der Waals surface area contributed by atoms with Crippen molar-refractivity contribution >= 4 is 22.2 Å². The van der Waals surface area contributed by atoms with Crippen molar-refractivity contribution in [1.82, 2.24) is 0 Å². The molecule has 3 N–H and O–H groups in total. The summed E-state index contributed by atoms with van der Waals surface area (Å²) in [5.74, 6) is 0.216. The molecule has 4 nitrogen and oxygen atoms in total. The highest BCUT2D eigenvalue weighted by molar-refractivity contribution is 7.84. The van der Waals surface area contributed by atoms with Crippen LogP contribution in [-0.2, 0) is 10.8 Å². The summed E-state index contributed by atoms with van der Waals surface area (Å²) in [6, 6.07) is 2.77. The van der Waals surface area contributed by atoms with Gasteiger partial charge < -0.3 is 15.8 Å². The Bertz CT molecular complexity index is 455. The SMILES string of the molecule is CCCOc1cc(NC(C)CS(C)=O)c(N)cc1F. The lowest BCUT2D eigenvalue weighted by molar-refractivity contribution is 0.301. The lowest BCUT2D eigenvalue weighted by Gasteiger charge is -2.17. The van der Waals surface area contributed by atoms with Crippen molar-refractivity contribution < 1.29 is 13.3 Å². The van der Waals surface area contributed by atoms with E-state index in [-0.39, 0.29) is 11.8 Å². The number of anilines is 2. The fourth-order valence-electron chi connectivity index (χ4n) is 1.68. The molecule has 0 spiro atoms. The first-order valence-electron chi connectivity index (χ1n) is 6.22. The highest BCUT2D eigenvalue weighted by Gasteiger charge is 2.12. The number of halogens is 1. The van der Waals surface area contributed by atoms with Crippen molar-refractivity contribution in [2.24, 2.45) is 0 Å². The second-order valence-corrected chi connectivity index (χ2v) is 5.98. The Balaban J connectivity index is 2.84. The zero-order valence-corrected chi connectivity index (χ0v) is 12.3. The van der Waals surface area contributed by atoms with Crippen LogP contribution in [0.3, 0.4) is 0 Å². The van der Waals surface area contributed by atoms with E-state index in [1.165, 1.54) is 6.07 Å². The normalized spacial score (nSPS) is 13.9.